The third kappa shape index (κ3) is 3.45. The van der Waals surface area contributed by atoms with E-state index in [0.29, 0.717) is 0 Å². The number of carbonyl (C=O) groups is 2. The third-order valence-electron chi connectivity index (χ3n) is 4.42. The van der Waals surface area contributed by atoms with Gasteiger partial charge in [0.15, 0.2) is 0 Å². The summed E-state index contributed by atoms with van der Waals surface area (Å²) in [5.74, 6) is -2.85. The van der Waals surface area contributed by atoms with Gasteiger partial charge in [-0.15, -0.1) is 0 Å². The Hall–Kier alpha value is -4.01. The number of carboxylic acid groups (broad SMARTS) is 1. The number of rotatable bonds is 4. The number of aromatic nitrogens is 2. The van der Waals surface area contributed by atoms with Crippen LogP contribution in [0.2, 0.25) is 0 Å². The molecule has 1 aliphatic rings. The lowest BCUT2D eigenvalue weighted by Crippen LogP contribution is -2.26. The molecule has 29 heavy (non-hydrogen) atoms. The summed E-state index contributed by atoms with van der Waals surface area (Å²) in [6.45, 7) is 0. The number of halogens is 2. The highest BCUT2D eigenvalue weighted by Crippen LogP contribution is 2.33. The van der Waals surface area contributed by atoms with Crippen molar-refractivity contribution in [3.8, 4) is 0 Å². The number of anilines is 2. The molecule has 9 heteroatoms. The zero-order valence-electron chi connectivity index (χ0n) is 14.8. The monoisotopic (exact) mass is 396 g/mol. The first-order chi connectivity index (χ1) is 13.9. The van der Waals surface area contributed by atoms with Crippen molar-refractivity contribution in [2.24, 2.45) is 0 Å². The summed E-state index contributed by atoms with van der Waals surface area (Å²) in [6, 6.07) is 10.4. The number of nitrogens with one attached hydrogen (secondary N) is 2. The Kier molecular flexibility index (Phi) is 4.55. The number of hydrogen-bond donors (Lipinski definition) is 3. The molecule has 0 spiro atoms. The van der Waals surface area contributed by atoms with Crippen molar-refractivity contribution in [1.82, 2.24) is 9.78 Å². The Morgan fingerprint density at radius 3 is 2.66 bits per heavy atom. The molecule has 2 aromatic carbocycles. The number of carbonyl (C=O) groups excluding carboxylic acids is 1. The number of fused-ring (bicyclic) bond motifs is 1. The van der Waals surface area contributed by atoms with E-state index >= 15 is 0 Å². The quantitative estimate of drug-likeness (QED) is 0.628. The molecule has 146 valence electrons. The molecule has 7 nitrogen and oxygen atoms in total. The van der Waals surface area contributed by atoms with E-state index in [1.165, 1.54) is 53.4 Å². The molecule has 4 rings (SSSR count). The maximum Gasteiger partial charge on any atom is 0.352 e. The molecule has 3 aromatic rings. The van der Waals surface area contributed by atoms with E-state index in [1.807, 2.05) is 0 Å². The van der Waals surface area contributed by atoms with Gasteiger partial charge in [-0.05, 0) is 30.3 Å². The second-order valence-corrected chi connectivity index (χ2v) is 6.29. The molecule has 1 atom stereocenters. The van der Waals surface area contributed by atoms with Gasteiger partial charge in [-0.2, -0.15) is 5.10 Å². The Morgan fingerprint density at radius 2 is 1.93 bits per heavy atom. The van der Waals surface area contributed by atoms with E-state index < -0.39 is 29.6 Å². The Bertz CT molecular complexity index is 1160. The molecule has 0 fully saturated rings. The Labute approximate surface area is 163 Å². The number of allylic oxidation sites excluding steroid dienone is 1. The van der Waals surface area contributed by atoms with E-state index in [0.717, 1.165) is 6.07 Å². The first-order valence-corrected chi connectivity index (χ1v) is 8.55. The molecule has 1 aromatic heterocycles. The van der Waals surface area contributed by atoms with Crippen LogP contribution in [-0.2, 0) is 4.79 Å². The van der Waals surface area contributed by atoms with Crippen molar-refractivity contribution in [2.75, 3.05) is 10.6 Å². The van der Waals surface area contributed by atoms with Crippen LogP contribution in [-0.4, -0.2) is 26.8 Å². The zero-order valence-corrected chi connectivity index (χ0v) is 14.8. The molecule has 3 N–H and O–H groups in total. The number of aliphatic carboxylic acids is 1. The maximum absolute atomic E-state index is 14.3. The second kappa shape index (κ2) is 7.19. The van der Waals surface area contributed by atoms with Crippen LogP contribution in [0.4, 0.5) is 20.3 Å². The predicted octanol–water partition coefficient (Wildman–Crippen LogP) is 3.40. The van der Waals surface area contributed by atoms with Crippen LogP contribution in [0, 0.1) is 11.6 Å². The van der Waals surface area contributed by atoms with Crippen molar-refractivity contribution in [3.05, 3.63) is 89.3 Å². The summed E-state index contributed by atoms with van der Waals surface area (Å²) in [5, 5.41) is 18.8. The molecule has 1 amide bonds. The Balaban J connectivity index is 1.74. The fraction of sp³-hybridized carbons (Fsp3) is 0.0500. The van der Waals surface area contributed by atoms with E-state index in [9.17, 15) is 23.5 Å². The fourth-order valence-corrected chi connectivity index (χ4v) is 3.09. The van der Waals surface area contributed by atoms with Crippen molar-refractivity contribution < 1.29 is 23.5 Å². The molecule has 2 heterocycles. The van der Waals surface area contributed by atoms with Gasteiger partial charge in [-0.1, -0.05) is 24.3 Å². The topological polar surface area (TPSA) is 96.2 Å². The molecule has 0 aliphatic carbocycles. The van der Waals surface area contributed by atoms with Gasteiger partial charge in [0.2, 0.25) is 0 Å². The third-order valence-corrected chi connectivity index (χ3v) is 4.42. The van der Waals surface area contributed by atoms with Crippen LogP contribution in [0.3, 0.4) is 0 Å². The van der Waals surface area contributed by atoms with Gasteiger partial charge in [0.25, 0.3) is 5.91 Å². The van der Waals surface area contributed by atoms with Crippen LogP contribution in [0.15, 0.2) is 66.5 Å². The van der Waals surface area contributed by atoms with Gasteiger partial charge in [-0.3, -0.25) is 4.79 Å². The van der Waals surface area contributed by atoms with Gasteiger partial charge >= 0.3 is 5.97 Å². The normalized spacial score (nSPS) is 15.1. The van der Waals surface area contributed by atoms with Crippen molar-refractivity contribution in [2.45, 2.75) is 6.04 Å². The highest BCUT2D eigenvalue weighted by Gasteiger charge is 2.30. The summed E-state index contributed by atoms with van der Waals surface area (Å²) in [4.78, 5) is 24.2. The van der Waals surface area contributed by atoms with Crippen LogP contribution in [0.1, 0.15) is 22.0 Å². The van der Waals surface area contributed by atoms with Gasteiger partial charge in [0.05, 0.1) is 6.20 Å². The van der Waals surface area contributed by atoms with E-state index in [2.05, 4.69) is 15.7 Å². The summed E-state index contributed by atoms with van der Waals surface area (Å²) >= 11 is 0. The number of carboxylic acids is 1. The number of hydrogen-bond acceptors (Lipinski definition) is 4. The lowest BCUT2D eigenvalue weighted by molar-refractivity contribution is -0.132. The summed E-state index contributed by atoms with van der Waals surface area (Å²) < 4.78 is 29.0. The molecular weight excluding hydrogens is 382 g/mol. The first-order valence-electron chi connectivity index (χ1n) is 8.55. The minimum atomic E-state index is -1.27. The molecule has 0 radical (unpaired) electrons. The minimum absolute atomic E-state index is 0.0300. The fourth-order valence-electron chi connectivity index (χ4n) is 3.09. The van der Waals surface area contributed by atoms with Gasteiger partial charge < -0.3 is 15.7 Å². The van der Waals surface area contributed by atoms with Crippen molar-refractivity contribution in [1.29, 1.82) is 0 Å². The smallest absolute Gasteiger partial charge is 0.352 e. The van der Waals surface area contributed by atoms with Crippen LogP contribution >= 0.6 is 0 Å². The van der Waals surface area contributed by atoms with Crippen LogP contribution in [0.5, 0.6) is 0 Å². The second-order valence-electron chi connectivity index (χ2n) is 6.29. The highest BCUT2D eigenvalue weighted by molar-refractivity contribution is 6.08. The standard InChI is InChI=1S/C20H14F2N4O3/c21-11-4-3-5-12(8-11)24-19(27)14-10-23-26-17(13-6-1-2-7-15(13)22)9-16(20(28)29)25-18(14)26/h1-10,17,25H,(H,24,27)(H,28,29)/t17-/m1/s1. The molecule has 0 bridgehead atoms. The van der Waals surface area contributed by atoms with Gasteiger partial charge in [0.1, 0.15) is 34.8 Å². The molecular formula is C20H14F2N4O3. The molecule has 0 saturated heterocycles. The van der Waals surface area contributed by atoms with Crippen LogP contribution in [0.25, 0.3) is 0 Å². The van der Waals surface area contributed by atoms with E-state index in [1.54, 1.807) is 6.07 Å². The lowest BCUT2D eigenvalue weighted by Gasteiger charge is -2.24. The average molecular weight is 396 g/mol. The van der Waals surface area contributed by atoms with E-state index in [4.69, 9.17) is 0 Å². The molecule has 0 saturated carbocycles. The largest absolute Gasteiger partial charge is 0.477 e. The maximum atomic E-state index is 14.3. The summed E-state index contributed by atoms with van der Waals surface area (Å²) in [7, 11) is 0. The first kappa shape index (κ1) is 18.4. The number of amides is 1. The van der Waals surface area contributed by atoms with Crippen molar-refractivity contribution in [3.63, 3.8) is 0 Å². The summed E-state index contributed by atoms with van der Waals surface area (Å²) in [6.07, 6.45) is 2.55. The van der Waals surface area contributed by atoms with Gasteiger partial charge in [0, 0.05) is 11.3 Å². The minimum Gasteiger partial charge on any atom is -0.477 e. The highest BCUT2D eigenvalue weighted by atomic mass is 19.1. The number of benzene rings is 2. The van der Waals surface area contributed by atoms with Crippen molar-refractivity contribution >= 4 is 23.4 Å². The molecule has 1 aliphatic heterocycles. The Morgan fingerprint density at radius 1 is 1.14 bits per heavy atom. The molecule has 0 unspecified atom stereocenters. The van der Waals surface area contributed by atoms with E-state index in [-0.39, 0.29) is 28.3 Å². The number of nitrogens with zero attached hydrogens (tertiary/aromatic N) is 2. The van der Waals surface area contributed by atoms with Gasteiger partial charge in [-0.25, -0.2) is 18.3 Å². The lowest BCUT2D eigenvalue weighted by atomic mass is 10.0. The van der Waals surface area contributed by atoms with Crippen LogP contribution < -0.4 is 10.6 Å². The SMILES string of the molecule is O=C(O)C1=C[C@H](c2ccccc2F)n2ncc(C(=O)Nc3cccc(F)c3)c2N1. The summed E-state index contributed by atoms with van der Waals surface area (Å²) in [5.41, 5.74) is 0.244. The zero-order chi connectivity index (χ0) is 20.5. The average Bonchev–Trinajstić information content (AvgIpc) is 3.12. The predicted molar refractivity (Wildman–Crippen MR) is 100 cm³/mol.